The number of quaternary nitrogens is 1. The normalized spacial score (nSPS) is 12.8. The van der Waals surface area contributed by atoms with E-state index in [9.17, 15) is 9.59 Å². The number of rotatable bonds is 10. The molecule has 1 aromatic rings. The van der Waals surface area contributed by atoms with E-state index in [1.165, 1.54) is 0 Å². The Bertz CT molecular complexity index is 577. The Balaban J connectivity index is 2.70. The van der Waals surface area contributed by atoms with Gasteiger partial charge in [-0.15, -0.1) is 0 Å². The van der Waals surface area contributed by atoms with E-state index in [0.717, 1.165) is 4.90 Å². The molecule has 0 aliphatic rings. The molecule has 0 spiro atoms. The van der Waals surface area contributed by atoms with Gasteiger partial charge in [0.15, 0.2) is 24.1 Å². The summed E-state index contributed by atoms with van der Waals surface area (Å²) in [5.74, 6) is 1.02. The van der Waals surface area contributed by atoms with E-state index < -0.39 is 0 Å². The molecule has 0 bridgehead atoms. The molecule has 0 fully saturated rings. The van der Waals surface area contributed by atoms with Crippen LogP contribution in [0.5, 0.6) is 11.5 Å². The molecule has 0 saturated carbocycles. The van der Waals surface area contributed by atoms with Gasteiger partial charge in [-0.05, 0) is 39.8 Å². The maximum absolute atomic E-state index is 12.3. The average molecular weight is 352 g/mol. The van der Waals surface area contributed by atoms with Crippen LogP contribution >= 0.6 is 0 Å². The van der Waals surface area contributed by atoms with Crippen LogP contribution in [0.25, 0.3) is 0 Å². The number of benzene rings is 1. The Labute approximate surface area is 149 Å². The van der Waals surface area contributed by atoms with Crippen LogP contribution in [0.2, 0.25) is 0 Å². The largest absolute Gasteiger partial charge is 0.490 e. The molecule has 0 heterocycles. The third-order valence-electron chi connectivity index (χ3n) is 3.75. The predicted octanol–water partition coefficient (Wildman–Crippen LogP) is 0.462. The molecule has 0 aliphatic heterocycles. The molecule has 2 amide bonds. The van der Waals surface area contributed by atoms with Crippen LogP contribution in [-0.2, 0) is 9.59 Å². The summed E-state index contributed by atoms with van der Waals surface area (Å²) in [5, 5.41) is 5.61. The van der Waals surface area contributed by atoms with Crippen LogP contribution in [0, 0.1) is 0 Å². The Morgan fingerprint density at radius 3 is 2.36 bits per heavy atom. The lowest BCUT2D eigenvalue weighted by Crippen LogP contribution is -3.15. The van der Waals surface area contributed by atoms with Crippen molar-refractivity contribution in [3.63, 3.8) is 0 Å². The maximum Gasteiger partial charge on any atom is 0.279 e. The summed E-state index contributed by atoms with van der Waals surface area (Å²) in [5.41, 5.74) is 0.635. The molecule has 1 unspecified atom stereocenters. The van der Waals surface area contributed by atoms with E-state index in [1.807, 2.05) is 27.8 Å². The highest BCUT2D eigenvalue weighted by molar-refractivity contribution is 5.92. The zero-order valence-corrected chi connectivity index (χ0v) is 15.8. The van der Waals surface area contributed by atoms with Crippen LogP contribution in [0.15, 0.2) is 18.2 Å². The average Bonchev–Trinajstić information content (AvgIpc) is 2.57. The van der Waals surface area contributed by atoms with Crippen molar-refractivity contribution in [1.82, 2.24) is 5.32 Å². The fraction of sp³-hybridized carbons (Fsp3) is 0.556. The van der Waals surface area contributed by atoms with Gasteiger partial charge in [-0.25, -0.2) is 0 Å². The molecule has 3 N–H and O–H groups in total. The van der Waals surface area contributed by atoms with Crippen LogP contribution in [0.4, 0.5) is 5.69 Å². The standard InChI is InChI=1S/C18H29N3O4/c1-6-19-18(23)13(4)21(5)12-17(22)20-14-9-10-15(24-7-2)16(11-14)25-8-3/h9-11,13H,6-8,12H2,1-5H3,(H,19,23)(H,20,22)/p+1/t13-/m0/s1. The van der Waals surface area contributed by atoms with Crippen molar-refractivity contribution in [3.05, 3.63) is 18.2 Å². The summed E-state index contributed by atoms with van der Waals surface area (Å²) in [6.07, 6.45) is 0. The monoisotopic (exact) mass is 352 g/mol. The number of ether oxygens (including phenoxy) is 2. The highest BCUT2D eigenvalue weighted by Gasteiger charge is 2.23. The molecular formula is C18H30N3O4+. The number of amides is 2. The van der Waals surface area contributed by atoms with Crippen LogP contribution in [0.3, 0.4) is 0 Å². The molecule has 1 aromatic carbocycles. The molecule has 0 saturated heterocycles. The Kier molecular flexibility index (Phi) is 8.77. The van der Waals surface area contributed by atoms with Crippen molar-refractivity contribution >= 4 is 17.5 Å². The van der Waals surface area contributed by atoms with Gasteiger partial charge in [0.1, 0.15) is 0 Å². The van der Waals surface area contributed by atoms with Crippen molar-refractivity contribution in [3.8, 4) is 11.5 Å². The minimum absolute atomic E-state index is 0.0625. The first-order chi connectivity index (χ1) is 11.9. The molecule has 1 rings (SSSR count). The van der Waals surface area contributed by atoms with Crippen molar-refractivity contribution < 1.29 is 24.0 Å². The number of carbonyl (C=O) groups is 2. The molecule has 0 aliphatic carbocycles. The van der Waals surface area contributed by atoms with Gasteiger partial charge < -0.3 is 25.0 Å². The van der Waals surface area contributed by atoms with Gasteiger partial charge in [-0.1, -0.05) is 0 Å². The van der Waals surface area contributed by atoms with Crippen molar-refractivity contribution in [2.45, 2.75) is 33.7 Å². The van der Waals surface area contributed by atoms with Crippen LogP contribution in [-0.4, -0.2) is 51.2 Å². The van der Waals surface area contributed by atoms with Crippen molar-refractivity contribution in [2.24, 2.45) is 0 Å². The quantitative estimate of drug-likeness (QED) is 0.572. The summed E-state index contributed by atoms with van der Waals surface area (Å²) >= 11 is 0. The second kappa shape index (κ2) is 10.6. The van der Waals surface area contributed by atoms with E-state index in [2.05, 4.69) is 10.6 Å². The summed E-state index contributed by atoms with van der Waals surface area (Å²) in [4.78, 5) is 24.9. The van der Waals surface area contributed by atoms with E-state index in [0.29, 0.717) is 36.9 Å². The third kappa shape index (κ3) is 6.62. The van der Waals surface area contributed by atoms with Crippen LogP contribution < -0.4 is 25.0 Å². The van der Waals surface area contributed by atoms with Crippen molar-refractivity contribution in [2.75, 3.05) is 38.7 Å². The first kappa shape index (κ1) is 20.8. The zero-order chi connectivity index (χ0) is 18.8. The van der Waals surface area contributed by atoms with E-state index in [4.69, 9.17) is 9.47 Å². The zero-order valence-electron chi connectivity index (χ0n) is 15.8. The SMILES string of the molecule is CCNC(=O)[C@H](C)[NH+](C)CC(=O)Nc1ccc(OCC)c(OCC)c1. The van der Waals surface area contributed by atoms with Gasteiger partial charge in [0, 0.05) is 18.3 Å². The van der Waals surface area contributed by atoms with Gasteiger partial charge in [0.05, 0.1) is 20.3 Å². The number of likely N-dealkylation sites (N-methyl/N-ethyl adjacent to an activating group) is 2. The number of hydrogen-bond donors (Lipinski definition) is 3. The van der Waals surface area contributed by atoms with Gasteiger partial charge in [-0.2, -0.15) is 0 Å². The molecule has 7 nitrogen and oxygen atoms in total. The maximum atomic E-state index is 12.3. The lowest BCUT2D eigenvalue weighted by atomic mass is 10.2. The highest BCUT2D eigenvalue weighted by Crippen LogP contribution is 2.30. The fourth-order valence-corrected chi connectivity index (χ4v) is 2.29. The summed E-state index contributed by atoms with van der Waals surface area (Å²) in [6.45, 7) is 9.28. The molecule has 7 heteroatoms. The Morgan fingerprint density at radius 1 is 1.12 bits per heavy atom. The van der Waals surface area contributed by atoms with Gasteiger partial charge in [0.2, 0.25) is 0 Å². The third-order valence-corrected chi connectivity index (χ3v) is 3.75. The predicted molar refractivity (Wildman–Crippen MR) is 97.3 cm³/mol. The van der Waals surface area contributed by atoms with Gasteiger partial charge in [-0.3, -0.25) is 9.59 Å². The Hall–Kier alpha value is -2.28. The fourth-order valence-electron chi connectivity index (χ4n) is 2.29. The molecule has 25 heavy (non-hydrogen) atoms. The second-order valence-corrected chi connectivity index (χ2v) is 5.72. The smallest absolute Gasteiger partial charge is 0.279 e. The first-order valence-electron chi connectivity index (χ1n) is 8.72. The van der Waals surface area contributed by atoms with E-state index in [-0.39, 0.29) is 24.4 Å². The van der Waals surface area contributed by atoms with Crippen LogP contribution in [0.1, 0.15) is 27.7 Å². The summed E-state index contributed by atoms with van der Waals surface area (Å²) < 4.78 is 11.1. The number of carbonyl (C=O) groups excluding carboxylic acids is 2. The number of nitrogens with one attached hydrogen (secondary N) is 3. The molecule has 0 aromatic heterocycles. The van der Waals surface area contributed by atoms with Gasteiger partial charge in [0.25, 0.3) is 11.8 Å². The molecule has 140 valence electrons. The first-order valence-corrected chi connectivity index (χ1v) is 8.72. The topological polar surface area (TPSA) is 81.1 Å². The lowest BCUT2D eigenvalue weighted by Gasteiger charge is -2.20. The van der Waals surface area contributed by atoms with Crippen molar-refractivity contribution in [1.29, 1.82) is 0 Å². The second-order valence-electron chi connectivity index (χ2n) is 5.72. The molecular weight excluding hydrogens is 322 g/mol. The minimum Gasteiger partial charge on any atom is -0.490 e. The number of hydrogen-bond acceptors (Lipinski definition) is 4. The summed E-state index contributed by atoms with van der Waals surface area (Å²) in [7, 11) is 1.82. The molecule has 2 atom stereocenters. The number of anilines is 1. The highest BCUT2D eigenvalue weighted by atomic mass is 16.5. The minimum atomic E-state index is -0.301. The van der Waals surface area contributed by atoms with E-state index in [1.54, 1.807) is 25.1 Å². The van der Waals surface area contributed by atoms with E-state index >= 15 is 0 Å². The summed E-state index contributed by atoms with van der Waals surface area (Å²) in [6, 6.07) is 4.99. The molecule has 0 radical (unpaired) electrons. The lowest BCUT2D eigenvalue weighted by molar-refractivity contribution is -0.885. The Morgan fingerprint density at radius 2 is 1.76 bits per heavy atom. The van der Waals surface area contributed by atoms with Gasteiger partial charge >= 0.3 is 0 Å².